The molecule has 0 fully saturated rings. The van der Waals surface area contributed by atoms with Crippen molar-refractivity contribution in [2.24, 2.45) is 0 Å². The van der Waals surface area contributed by atoms with Gasteiger partial charge >= 0.3 is 13.9 Å². The minimum Gasteiger partial charge on any atom is -0.331 e. The van der Waals surface area contributed by atoms with Gasteiger partial charge in [0.15, 0.2) is 0 Å². The SMILES string of the molecule is CC(C)(C)c1ccc2c(c1)CC[C@H]2NC(=O)Nc1cccc2c1cnn2C(=O)CCOP(=O)(O)O. The number of hydrogen-bond donors (Lipinski definition) is 4. The van der Waals surface area contributed by atoms with Crippen LogP contribution in [0.15, 0.2) is 42.6 Å². The molecule has 1 aromatic heterocycles. The van der Waals surface area contributed by atoms with Gasteiger partial charge in [-0.3, -0.25) is 9.32 Å². The van der Waals surface area contributed by atoms with Crippen LogP contribution >= 0.6 is 7.82 Å². The molecule has 1 heterocycles. The number of benzene rings is 2. The normalized spacial score (nSPS) is 15.7. The van der Waals surface area contributed by atoms with Gasteiger partial charge in [0.1, 0.15) is 0 Å². The maximum absolute atomic E-state index is 12.8. The fourth-order valence-corrected chi connectivity index (χ4v) is 4.60. The number of carbonyl (C=O) groups is 2. The van der Waals surface area contributed by atoms with Crippen LogP contribution in [0.4, 0.5) is 10.5 Å². The largest absolute Gasteiger partial charge is 0.469 e. The van der Waals surface area contributed by atoms with Gasteiger partial charge in [-0.1, -0.05) is 45.0 Å². The summed E-state index contributed by atoms with van der Waals surface area (Å²) in [4.78, 5) is 42.8. The number of amides is 2. The van der Waals surface area contributed by atoms with Crippen LogP contribution in [0, 0.1) is 0 Å². The van der Waals surface area contributed by atoms with Crippen molar-refractivity contribution in [2.75, 3.05) is 11.9 Å². The number of aryl methyl sites for hydroxylation is 1. The molecular weight excluding hydrogens is 471 g/mol. The molecule has 3 aromatic rings. The second-order valence-electron chi connectivity index (χ2n) is 9.62. The van der Waals surface area contributed by atoms with Gasteiger partial charge in [0, 0.05) is 5.39 Å². The smallest absolute Gasteiger partial charge is 0.331 e. The molecule has 11 heteroatoms. The van der Waals surface area contributed by atoms with Crippen LogP contribution in [0.25, 0.3) is 10.9 Å². The van der Waals surface area contributed by atoms with Crippen molar-refractivity contribution in [3.05, 3.63) is 59.3 Å². The summed E-state index contributed by atoms with van der Waals surface area (Å²) >= 11 is 0. The minimum atomic E-state index is -4.65. The lowest BCUT2D eigenvalue weighted by Crippen LogP contribution is -2.31. The minimum absolute atomic E-state index is 0.0646. The van der Waals surface area contributed by atoms with Crippen LogP contribution in [0.1, 0.15) is 61.1 Å². The molecule has 4 N–H and O–H groups in total. The number of fused-ring (bicyclic) bond motifs is 2. The van der Waals surface area contributed by atoms with Gasteiger partial charge in [0.2, 0.25) is 5.91 Å². The molecule has 35 heavy (non-hydrogen) atoms. The summed E-state index contributed by atoms with van der Waals surface area (Å²) in [7, 11) is -4.65. The summed E-state index contributed by atoms with van der Waals surface area (Å²) in [6.07, 6.45) is 2.92. The van der Waals surface area contributed by atoms with Crippen LogP contribution in [-0.2, 0) is 20.9 Å². The van der Waals surface area contributed by atoms with E-state index in [0.29, 0.717) is 16.6 Å². The summed E-state index contributed by atoms with van der Waals surface area (Å²) < 4.78 is 16.3. The zero-order chi connectivity index (χ0) is 25.4. The maximum Gasteiger partial charge on any atom is 0.469 e. The van der Waals surface area contributed by atoms with Crippen molar-refractivity contribution < 1.29 is 28.5 Å². The van der Waals surface area contributed by atoms with Gasteiger partial charge in [-0.2, -0.15) is 9.78 Å². The predicted octanol–water partition coefficient (Wildman–Crippen LogP) is 4.28. The highest BCUT2D eigenvalue weighted by Crippen LogP contribution is 2.36. The molecule has 1 aliphatic rings. The lowest BCUT2D eigenvalue weighted by molar-refractivity contribution is 0.0861. The van der Waals surface area contributed by atoms with Crippen molar-refractivity contribution in [2.45, 2.75) is 51.5 Å². The summed E-state index contributed by atoms with van der Waals surface area (Å²) in [6, 6.07) is 11.1. The van der Waals surface area contributed by atoms with Gasteiger partial charge in [-0.25, -0.2) is 9.36 Å². The van der Waals surface area contributed by atoms with Crippen molar-refractivity contribution in [1.29, 1.82) is 0 Å². The molecule has 10 nitrogen and oxygen atoms in total. The van der Waals surface area contributed by atoms with Crippen LogP contribution < -0.4 is 10.6 Å². The summed E-state index contributed by atoms with van der Waals surface area (Å²) in [5, 5.41) is 10.5. The molecule has 0 unspecified atom stereocenters. The molecule has 0 bridgehead atoms. The van der Waals surface area contributed by atoms with Gasteiger partial charge < -0.3 is 20.4 Å². The molecule has 186 valence electrons. The van der Waals surface area contributed by atoms with E-state index in [0.717, 1.165) is 23.1 Å². The number of phosphoric acid groups is 1. The van der Waals surface area contributed by atoms with Crippen molar-refractivity contribution >= 4 is 36.4 Å². The van der Waals surface area contributed by atoms with E-state index >= 15 is 0 Å². The highest BCUT2D eigenvalue weighted by molar-refractivity contribution is 7.46. The summed E-state index contributed by atoms with van der Waals surface area (Å²) in [5.74, 6) is -0.493. The molecule has 0 saturated carbocycles. The Morgan fingerprint density at radius 2 is 2.00 bits per heavy atom. The Morgan fingerprint density at radius 3 is 2.71 bits per heavy atom. The number of carbonyl (C=O) groups excluding carboxylic acids is 2. The average molecular weight is 500 g/mol. The second-order valence-corrected chi connectivity index (χ2v) is 10.9. The molecular formula is C24H29N4O6P. The molecule has 0 spiro atoms. The monoisotopic (exact) mass is 500 g/mol. The zero-order valence-corrected chi connectivity index (χ0v) is 20.7. The van der Waals surface area contributed by atoms with Gasteiger partial charge in [-0.05, 0) is 47.1 Å². The van der Waals surface area contributed by atoms with E-state index in [1.54, 1.807) is 18.2 Å². The fraction of sp³-hybridized carbons (Fsp3) is 0.375. The first-order valence-corrected chi connectivity index (χ1v) is 12.9. The Bertz CT molecular complexity index is 1320. The number of nitrogens with zero attached hydrogens (tertiary/aromatic N) is 2. The van der Waals surface area contributed by atoms with Crippen LogP contribution in [0.5, 0.6) is 0 Å². The van der Waals surface area contributed by atoms with Crippen molar-refractivity contribution in [1.82, 2.24) is 15.1 Å². The second kappa shape index (κ2) is 9.54. The van der Waals surface area contributed by atoms with E-state index in [9.17, 15) is 14.2 Å². The number of nitrogens with one attached hydrogen (secondary N) is 2. The summed E-state index contributed by atoms with van der Waals surface area (Å²) in [6.45, 7) is 6.10. The first kappa shape index (κ1) is 25.1. The van der Waals surface area contributed by atoms with Crippen molar-refractivity contribution in [3.8, 4) is 0 Å². The predicted molar refractivity (Wildman–Crippen MR) is 131 cm³/mol. The topological polar surface area (TPSA) is 143 Å². The molecule has 1 aliphatic carbocycles. The van der Waals surface area contributed by atoms with E-state index in [4.69, 9.17) is 9.79 Å². The van der Waals surface area contributed by atoms with Crippen LogP contribution in [0.3, 0.4) is 0 Å². The molecule has 0 saturated heterocycles. The standard InChI is InChI=1S/C24H29N4O6P/c1-24(2,3)16-8-9-17-15(13-16)7-10-20(17)27-23(30)26-19-5-4-6-21-18(19)14-25-28(21)22(29)11-12-34-35(31,32)33/h4-6,8-9,13-14,20H,7,10-12H2,1-3H3,(H2,26,27,30)(H2,31,32,33)/t20-/m1/s1. The molecule has 0 radical (unpaired) electrons. The zero-order valence-electron chi connectivity index (χ0n) is 19.8. The fourth-order valence-electron chi connectivity index (χ4n) is 4.27. The number of urea groups is 1. The molecule has 4 rings (SSSR count). The molecule has 2 amide bonds. The third-order valence-electron chi connectivity index (χ3n) is 6.07. The Hall–Kier alpha value is -3.04. The lowest BCUT2D eigenvalue weighted by Gasteiger charge is -2.21. The first-order chi connectivity index (χ1) is 16.4. The Labute approximate surface area is 202 Å². The van der Waals surface area contributed by atoms with Crippen LogP contribution in [0.2, 0.25) is 0 Å². The number of rotatable bonds is 6. The van der Waals surface area contributed by atoms with E-state index in [2.05, 4.69) is 59.2 Å². The third kappa shape index (κ3) is 5.79. The number of anilines is 1. The highest BCUT2D eigenvalue weighted by Gasteiger charge is 2.26. The third-order valence-corrected chi connectivity index (χ3v) is 6.58. The number of aromatic nitrogens is 2. The van der Waals surface area contributed by atoms with E-state index < -0.39 is 20.3 Å². The first-order valence-electron chi connectivity index (χ1n) is 11.3. The quantitative estimate of drug-likeness (QED) is 0.370. The van der Waals surface area contributed by atoms with Crippen molar-refractivity contribution in [3.63, 3.8) is 0 Å². The molecule has 2 aromatic carbocycles. The van der Waals surface area contributed by atoms with E-state index in [1.165, 1.54) is 17.3 Å². The van der Waals surface area contributed by atoms with Gasteiger partial charge in [-0.15, -0.1) is 0 Å². The lowest BCUT2D eigenvalue weighted by atomic mass is 9.85. The van der Waals surface area contributed by atoms with Gasteiger partial charge in [0.05, 0.1) is 36.5 Å². The van der Waals surface area contributed by atoms with Gasteiger partial charge in [0.25, 0.3) is 0 Å². The Kier molecular flexibility index (Phi) is 6.83. The van der Waals surface area contributed by atoms with E-state index in [-0.39, 0.29) is 23.9 Å². The van der Waals surface area contributed by atoms with Crippen LogP contribution in [-0.4, -0.2) is 38.1 Å². The van der Waals surface area contributed by atoms with E-state index in [1.807, 2.05) is 0 Å². The molecule has 0 aliphatic heterocycles. The Balaban J connectivity index is 1.44. The molecule has 1 atom stereocenters. The number of hydrogen-bond acceptors (Lipinski definition) is 5. The highest BCUT2D eigenvalue weighted by atomic mass is 31.2. The maximum atomic E-state index is 12.8. The Morgan fingerprint density at radius 1 is 1.23 bits per heavy atom. The summed E-state index contributed by atoms with van der Waals surface area (Å²) in [5.41, 5.74) is 4.68. The number of phosphoric ester groups is 1. The average Bonchev–Trinajstić information content (AvgIpc) is 3.37.